The highest BCUT2D eigenvalue weighted by molar-refractivity contribution is 7.86. The third-order valence-electron chi connectivity index (χ3n) is 4.45. The summed E-state index contributed by atoms with van der Waals surface area (Å²) in [6, 6.07) is 9.03. The minimum atomic E-state index is -4.06. The van der Waals surface area contributed by atoms with Crippen molar-refractivity contribution < 1.29 is 13.0 Å². The smallest absolute Gasteiger partial charge is 0.271 e. The van der Waals surface area contributed by atoms with Crippen LogP contribution in [0.4, 0.5) is 0 Å². The first-order valence-corrected chi connectivity index (χ1v) is 10.5. The van der Waals surface area contributed by atoms with E-state index in [1.807, 2.05) is 18.2 Å². The fourth-order valence-electron chi connectivity index (χ4n) is 3.03. The quantitative estimate of drug-likeness (QED) is 0.387. The topological polar surface area (TPSA) is 54.4 Å². The van der Waals surface area contributed by atoms with E-state index in [0.717, 1.165) is 12.8 Å². The molecule has 1 aromatic rings. The summed E-state index contributed by atoms with van der Waals surface area (Å²) in [7, 11) is -4.06. The van der Waals surface area contributed by atoms with Crippen LogP contribution in [0.1, 0.15) is 82.4 Å². The summed E-state index contributed by atoms with van der Waals surface area (Å²) in [6.07, 6.45) is 10.4. The molecule has 0 saturated heterocycles. The van der Waals surface area contributed by atoms with Gasteiger partial charge in [-0.05, 0) is 17.9 Å². The predicted molar refractivity (Wildman–Crippen MR) is 97.1 cm³/mol. The second-order valence-corrected chi connectivity index (χ2v) is 8.26. The molecule has 0 heterocycles. The fourth-order valence-corrected chi connectivity index (χ4v) is 4.10. The molecule has 0 saturated carbocycles. The Kier molecular flexibility index (Phi) is 9.49. The first-order chi connectivity index (χ1) is 10.9. The van der Waals surface area contributed by atoms with E-state index in [2.05, 4.69) is 13.8 Å². The van der Waals surface area contributed by atoms with Gasteiger partial charge in [-0.1, -0.05) is 95.5 Å². The largest absolute Gasteiger partial charge is 0.285 e. The molecule has 0 radical (unpaired) electrons. The van der Waals surface area contributed by atoms with Crippen molar-refractivity contribution in [1.29, 1.82) is 0 Å². The number of unbranched alkanes of at least 4 members (excludes halogenated alkanes) is 6. The molecule has 3 nitrogen and oxygen atoms in total. The average molecular weight is 341 g/mol. The highest BCUT2D eigenvalue weighted by Gasteiger charge is 2.26. The molecule has 4 heteroatoms. The molecule has 132 valence electrons. The van der Waals surface area contributed by atoms with Gasteiger partial charge in [-0.25, -0.2) is 0 Å². The maximum atomic E-state index is 11.7. The van der Waals surface area contributed by atoms with Crippen molar-refractivity contribution in [1.82, 2.24) is 0 Å². The van der Waals surface area contributed by atoms with E-state index in [4.69, 9.17) is 0 Å². The van der Waals surface area contributed by atoms with Gasteiger partial charge in [0.05, 0.1) is 0 Å². The fraction of sp³-hybridized carbons (Fsp3) is 0.684. The van der Waals surface area contributed by atoms with Crippen LogP contribution >= 0.6 is 0 Å². The molecule has 0 bridgehead atoms. The Morgan fingerprint density at radius 1 is 0.957 bits per heavy atom. The van der Waals surface area contributed by atoms with E-state index in [1.54, 1.807) is 12.1 Å². The molecule has 0 fully saturated rings. The van der Waals surface area contributed by atoms with Crippen LogP contribution in [0.2, 0.25) is 0 Å². The molecule has 2 unspecified atom stereocenters. The first kappa shape index (κ1) is 20.2. The van der Waals surface area contributed by atoms with Gasteiger partial charge in [0.2, 0.25) is 0 Å². The van der Waals surface area contributed by atoms with E-state index >= 15 is 0 Å². The molecular weight excluding hydrogens is 308 g/mol. The molecule has 23 heavy (non-hydrogen) atoms. The standard InChI is InChI=1S/C19H32O3S/c1-3-4-5-6-7-8-10-13-17(2)16-19(23(20,21)22)18-14-11-9-12-15-18/h9,11-12,14-15,17,19H,3-8,10,13,16H2,1-2H3,(H,20,21,22). The molecular formula is C19H32O3S. The Bertz CT molecular complexity index is 511. The molecule has 1 N–H and O–H groups in total. The average Bonchev–Trinajstić information content (AvgIpc) is 2.51. The van der Waals surface area contributed by atoms with Crippen LogP contribution in [-0.4, -0.2) is 13.0 Å². The Balaban J connectivity index is 2.39. The monoisotopic (exact) mass is 340 g/mol. The van der Waals surface area contributed by atoms with Crippen LogP contribution in [0.3, 0.4) is 0 Å². The first-order valence-electron chi connectivity index (χ1n) is 8.96. The highest BCUT2D eigenvalue weighted by Crippen LogP contribution is 2.30. The maximum absolute atomic E-state index is 11.7. The molecule has 1 rings (SSSR count). The van der Waals surface area contributed by atoms with Crippen molar-refractivity contribution in [2.24, 2.45) is 5.92 Å². The second-order valence-electron chi connectivity index (χ2n) is 6.67. The number of hydrogen-bond donors (Lipinski definition) is 1. The molecule has 2 atom stereocenters. The van der Waals surface area contributed by atoms with Crippen molar-refractivity contribution in [2.75, 3.05) is 0 Å². The molecule has 0 spiro atoms. The van der Waals surface area contributed by atoms with E-state index in [0.29, 0.717) is 12.0 Å². The second kappa shape index (κ2) is 10.8. The Morgan fingerprint density at radius 3 is 2.09 bits per heavy atom. The van der Waals surface area contributed by atoms with Crippen molar-refractivity contribution >= 4 is 10.1 Å². The zero-order valence-corrected chi connectivity index (χ0v) is 15.4. The van der Waals surface area contributed by atoms with Crippen molar-refractivity contribution in [3.8, 4) is 0 Å². The summed E-state index contributed by atoms with van der Waals surface area (Å²) in [6.45, 7) is 4.30. The number of hydrogen-bond acceptors (Lipinski definition) is 2. The maximum Gasteiger partial charge on any atom is 0.271 e. The van der Waals surface area contributed by atoms with E-state index in [-0.39, 0.29) is 5.92 Å². The Hall–Kier alpha value is -0.870. The highest BCUT2D eigenvalue weighted by atomic mass is 32.2. The summed E-state index contributed by atoms with van der Waals surface area (Å²) < 4.78 is 32.9. The van der Waals surface area contributed by atoms with Gasteiger partial charge >= 0.3 is 0 Å². The molecule has 0 aromatic heterocycles. The van der Waals surface area contributed by atoms with Crippen LogP contribution in [0.5, 0.6) is 0 Å². The van der Waals surface area contributed by atoms with E-state index < -0.39 is 15.4 Å². The van der Waals surface area contributed by atoms with Gasteiger partial charge < -0.3 is 0 Å². The Labute approximate surface area is 142 Å². The lowest BCUT2D eigenvalue weighted by atomic mass is 9.95. The molecule has 0 aliphatic heterocycles. The lowest BCUT2D eigenvalue weighted by Crippen LogP contribution is -2.15. The molecule has 1 aromatic carbocycles. The van der Waals surface area contributed by atoms with Crippen LogP contribution in [0, 0.1) is 5.92 Å². The van der Waals surface area contributed by atoms with Crippen LogP contribution in [0.15, 0.2) is 30.3 Å². The Morgan fingerprint density at radius 2 is 1.52 bits per heavy atom. The van der Waals surface area contributed by atoms with Gasteiger partial charge in [0, 0.05) is 0 Å². The van der Waals surface area contributed by atoms with Gasteiger partial charge in [0.25, 0.3) is 10.1 Å². The number of rotatable bonds is 12. The minimum Gasteiger partial charge on any atom is -0.285 e. The molecule has 0 aliphatic carbocycles. The number of benzene rings is 1. The zero-order chi connectivity index (χ0) is 17.1. The lowest BCUT2D eigenvalue weighted by molar-refractivity contribution is 0.417. The zero-order valence-electron chi connectivity index (χ0n) is 14.6. The van der Waals surface area contributed by atoms with E-state index in [9.17, 15) is 13.0 Å². The van der Waals surface area contributed by atoms with Gasteiger partial charge in [0.15, 0.2) is 0 Å². The van der Waals surface area contributed by atoms with Gasteiger partial charge in [-0.15, -0.1) is 0 Å². The summed E-state index contributed by atoms with van der Waals surface area (Å²) in [5.74, 6) is 0.290. The molecule has 0 amide bonds. The third-order valence-corrected chi connectivity index (χ3v) is 5.63. The van der Waals surface area contributed by atoms with Crippen LogP contribution in [0.25, 0.3) is 0 Å². The van der Waals surface area contributed by atoms with Gasteiger partial charge in [-0.3, -0.25) is 4.55 Å². The van der Waals surface area contributed by atoms with Crippen LogP contribution in [-0.2, 0) is 10.1 Å². The SMILES string of the molecule is CCCCCCCCCC(C)CC(c1ccccc1)S(=O)(=O)O. The summed E-state index contributed by atoms with van der Waals surface area (Å²) in [5.41, 5.74) is 0.682. The third kappa shape index (κ3) is 8.52. The minimum absolute atomic E-state index is 0.290. The normalized spacial score (nSPS) is 14.6. The predicted octanol–water partition coefficient (Wildman–Crippen LogP) is 5.78. The van der Waals surface area contributed by atoms with Gasteiger partial charge in [-0.2, -0.15) is 8.42 Å². The lowest BCUT2D eigenvalue weighted by Gasteiger charge is -2.19. The summed E-state index contributed by atoms with van der Waals surface area (Å²) >= 11 is 0. The van der Waals surface area contributed by atoms with Gasteiger partial charge in [0.1, 0.15) is 5.25 Å². The summed E-state index contributed by atoms with van der Waals surface area (Å²) in [5, 5.41) is -0.803. The van der Waals surface area contributed by atoms with Crippen molar-refractivity contribution in [3.63, 3.8) is 0 Å². The molecule has 0 aliphatic rings. The van der Waals surface area contributed by atoms with Crippen molar-refractivity contribution in [3.05, 3.63) is 35.9 Å². The van der Waals surface area contributed by atoms with E-state index in [1.165, 1.54) is 38.5 Å². The summed E-state index contributed by atoms with van der Waals surface area (Å²) in [4.78, 5) is 0. The van der Waals surface area contributed by atoms with Crippen LogP contribution < -0.4 is 0 Å². The van der Waals surface area contributed by atoms with Crippen molar-refractivity contribution in [2.45, 2.75) is 76.9 Å².